The number of Topliss-reactive ketones (excluding diaryl/α,β-unsaturated/α-hetero) is 4. The minimum Gasteiger partial charge on any atom is -0.436 e. The summed E-state index contributed by atoms with van der Waals surface area (Å²) < 4.78 is 11.8. The highest BCUT2D eigenvalue weighted by Crippen LogP contribution is 2.30. The molecule has 0 saturated heterocycles. The van der Waals surface area contributed by atoms with Crippen LogP contribution in [0.1, 0.15) is 195 Å². The fraction of sp³-hybridized carbons (Fsp3) is 0.464. The van der Waals surface area contributed by atoms with Gasteiger partial charge in [0.1, 0.15) is 22.4 Å². The normalized spacial score (nSPS) is 12.1. The molecule has 0 unspecified atom stereocenters. The molecule has 0 aromatic heterocycles. The van der Waals surface area contributed by atoms with Gasteiger partial charge in [0.25, 0.3) is 0 Å². The van der Waals surface area contributed by atoms with Gasteiger partial charge in [-0.25, -0.2) is 9.59 Å². The summed E-state index contributed by atoms with van der Waals surface area (Å²) in [5, 5.41) is 46.4. The van der Waals surface area contributed by atoms with Crippen LogP contribution in [-0.4, -0.2) is 91.2 Å². The van der Waals surface area contributed by atoms with Gasteiger partial charge in [-0.05, 0) is 90.5 Å². The molecule has 70 heavy (non-hydrogen) atoms. The molecule has 0 spiro atoms. The topological polar surface area (TPSA) is 226 Å². The third-order valence-electron chi connectivity index (χ3n) is 11.7. The molecule has 6 N–H and O–H groups in total. The number of unbranched alkanes of at least 4 members (excludes halogenated alkanes) is 9. The minimum atomic E-state index is -1.55. The van der Waals surface area contributed by atoms with Crippen molar-refractivity contribution in [1.29, 1.82) is 0 Å². The van der Waals surface area contributed by atoms with Crippen molar-refractivity contribution in [2.24, 2.45) is 0 Å². The first-order chi connectivity index (χ1) is 32.8. The average Bonchev–Trinajstić information content (AvgIpc) is 3.30. The summed E-state index contributed by atoms with van der Waals surface area (Å²) in [4.78, 5) is 76.5. The van der Waals surface area contributed by atoms with Gasteiger partial charge in [0.15, 0.2) is 35.3 Å². The molecule has 0 heterocycles. The van der Waals surface area contributed by atoms with Crippen LogP contribution in [0.4, 0.5) is 9.59 Å². The zero-order valence-electron chi connectivity index (χ0n) is 41.9. The fourth-order valence-corrected chi connectivity index (χ4v) is 7.65. The van der Waals surface area contributed by atoms with Crippen LogP contribution < -0.4 is 10.6 Å². The van der Waals surface area contributed by atoms with Crippen molar-refractivity contribution in [3.8, 4) is 0 Å². The van der Waals surface area contributed by atoms with Crippen molar-refractivity contribution < 1.29 is 58.7 Å². The third-order valence-corrected chi connectivity index (χ3v) is 11.7. The van der Waals surface area contributed by atoms with E-state index in [1.165, 1.54) is 55.4 Å². The van der Waals surface area contributed by atoms with E-state index in [4.69, 9.17) is 9.47 Å². The maximum Gasteiger partial charge on any atom is 0.408 e. The maximum atomic E-state index is 13.0. The van der Waals surface area contributed by atoms with E-state index in [1.807, 2.05) is 0 Å². The van der Waals surface area contributed by atoms with Crippen LogP contribution in [0.2, 0.25) is 0 Å². The van der Waals surface area contributed by atoms with Crippen molar-refractivity contribution in [3.05, 3.63) is 142 Å². The second kappa shape index (κ2) is 25.2. The summed E-state index contributed by atoms with van der Waals surface area (Å²) in [6, 6.07) is 25.8. The number of benzene rings is 4. The molecule has 4 rings (SSSR count). The van der Waals surface area contributed by atoms with Gasteiger partial charge in [0.05, 0.1) is 0 Å². The van der Waals surface area contributed by atoms with Gasteiger partial charge in [-0.3, -0.25) is 19.2 Å². The van der Waals surface area contributed by atoms with Crippen molar-refractivity contribution in [2.75, 3.05) is 13.1 Å². The molecule has 4 aromatic rings. The largest absolute Gasteiger partial charge is 0.436 e. The SMILES string of the molecule is CC(C)(O)C(=O)c1ccc(C(OC(=O)NCCCCCCCCCCCCNC(=O)OC(c2ccc(C(=O)C(C)(C)O)cc2)c2ccc(C(=O)C(C)(C)O)cc2)c2ccc(C(=O)C(C)(C)O)cc2)cc1. The highest BCUT2D eigenvalue weighted by Gasteiger charge is 2.30. The zero-order valence-corrected chi connectivity index (χ0v) is 41.9. The van der Waals surface area contributed by atoms with Gasteiger partial charge in [-0.1, -0.05) is 148 Å². The first kappa shape index (κ1) is 56.5. The van der Waals surface area contributed by atoms with E-state index < -0.39 is 69.9 Å². The number of ketones is 4. The van der Waals surface area contributed by atoms with Crippen LogP contribution in [0, 0.1) is 0 Å². The molecule has 14 heteroatoms. The van der Waals surface area contributed by atoms with Crippen molar-refractivity contribution >= 4 is 35.3 Å². The second-order valence-corrected chi connectivity index (χ2v) is 20.0. The molecule has 0 saturated carbocycles. The first-order valence-electron chi connectivity index (χ1n) is 24.1. The Labute approximate surface area is 412 Å². The van der Waals surface area contributed by atoms with Crippen LogP contribution in [0.3, 0.4) is 0 Å². The Balaban J connectivity index is 1.15. The Hall–Kier alpha value is -6.06. The molecule has 0 aliphatic rings. The molecule has 0 aliphatic heterocycles. The maximum absolute atomic E-state index is 13.0. The molecular formula is C56H72N2O12. The monoisotopic (exact) mass is 965 g/mol. The summed E-state index contributed by atoms with van der Waals surface area (Å²) >= 11 is 0. The van der Waals surface area contributed by atoms with Crippen molar-refractivity contribution in [3.63, 3.8) is 0 Å². The molecule has 0 fully saturated rings. The van der Waals surface area contributed by atoms with Gasteiger partial charge >= 0.3 is 12.2 Å². The number of aliphatic hydroxyl groups is 4. The predicted molar refractivity (Wildman–Crippen MR) is 267 cm³/mol. The number of hydrogen-bond acceptors (Lipinski definition) is 12. The number of ether oxygens (including phenoxy) is 2. The summed E-state index contributed by atoms with van der Waals surface area (Å²) in [6.45, 7) is 12.2. The van der Waals surface area contributed by atoms with E-state index in [0.717, 1.165) is 64.2 Å². The molecule has 0 bridgehead atoms. The van der Waals surface area contributed by atoms with Crippen molar-refractivity contribution in [1.82, 2.24) is 10.6 Å². The lowest BCUT2D eigenvalue weighted by Crippen LogP contribution is -2.31. The molecule has 0 aliphatic carbocycles. The van der Waals surface area contributed by atoms with Crippen LogP contribution in [0.25, 0.3) is 0 Å². The number of alkyl carbamates (subject to hydrolysis) is 2. The van der Waals surface area contributed by atoms with E-state index in [1.54, 1.807) is 97.1 Å². The van der Waals surface area contributed by atoms with Crippen molar-refractivity contribution in [2.45, 2.75) is 154 Å². The van der Waals surface area contributed by atoms with E-state index in [2.05, 4.69) is 10.6 Å². The quantitative estimate of drug-likeness (QED) is 0.0243. The smallest absolute Gasteiger partial charge is 0.408 e. The Bertz CT molecular complexity index is 2060. The van der Waals surface area contributed by atoms with E-state index in [0.29, 0.717) is 57.6 Å². The number of rotatable bonds is 27. The highest BCUT2D eigenvalue weighted by molar-refractivity contribution is 6.03. The molecular weight excluding hydrogens is 893 g/mol. The Morgan fingerprint density at radius 3 is 0.729 bits per heavy atom. The Morgan fingerprint density at radius 1 is 0.357 bits per heavy atom. The predicted octanol–water partition coefficient (Wildman–Crippen LogP) is 9.73. The number of carbonyl (C=O) groups is 6. The molecule has 4 aromatic carbocycles. The van der Waals surface area contributed by atoms with Crippen LogP contribution in [-0.2, 0) is 9.47 Å². The highest BCUT2D eigenvalue weighted by atomic mass is 16.6. The standard InChI is InChI=1S/C56H72N2O12/c1-53(2,65)47(59)41-27-19-37(20-28-41)45(38-21-29-42(30-22-38)48(60)54(3,4)66)69-51(63)57-35-17-15-13-11-9-10-12-14-16-18-36-58-52(64)70-46(39-23-31-43(32-24-39)49(61)55(5,6)67)40-25-33-44(34-26-40)50(62)56(7,8)68/h19-34,45-46,65-68H,9-18,35-36H2,1-8H3,(H,57,63)(H,58,64). The number of amides is 2. The van der Waals surface area contributed by atoms with Crippen LogP contribution >= 0.6 is 0 Å². The molecule has 378 valence electrons. The molecule has 0 atom stereocenters. The van der Waals surface area contributed by atoms with E-state index in [-0.39, 0.29) is 0 Å². The second-order valence-electron chi connectivity index (χ2n) is 20.0. The molecule has 2 amide bonds. The number of nitrogens with one attached hydrogen (secondary N) is 2. The number of carbonyl (C=O) groups excluding carboxylic acids is 6. The third kappa shape index (κ3) is 17.4. The summed E-state index contributed by atoms with van der Waals surface area (Å²) in [5.41, 5.74) is -2.66. The molecule has 0 radical (unpaired) electrons. The summed E-state index contributed by atoms with van der Waals surface area (Å²) in [6.07, 6.45) is 6.77. The van der Waals surface area contributed by atoms with E-state index >= 15 is 0 Å². The van der Waals surface area contributed by atoms with Gasteiger partial charge < -0.3 is 40.5 Å². The Kier molecular flexibility index (Phi) is 20.3. The van der Waals surface area contributed by atoms with Gasteiger partial charge in [0, 0.05) is 35.3 Å². The van der Waals surface area contributed by atoms with Crippen LogP contribution in [0.5, 0.6) is 0 Å². The Morgan fingerprint density at radius 2 is 0.543 bits per heavy atom. The van der Waals surface area contributed by atoms with Gasteiger partial charge in [-0.15, -0.1) is 0 Å². The number of hydrogen-bond donors (Lipinski definition) is 6. The lowest BCUT2D eigenvalue weighted by Gasteiger charge is -2.21. The van der Waals surface area contributed by atoms with E-state index in [9.17, 15) is 49.2 Å². The minimum absolute atomic E-state index is 0.305. The first-order valence-corrected chi connectivity index (χ1v) is 24.1. The molecule has 14 nitrogen and oxygen atoms in total. The summed E-state index contributed by atoms with van der Waals surface area (Å²) in [7, 11) is 0. The lowest BCUT2D eigenvalue weighted by atomic mass is 9.92. The van der Waals surface area contributed by atoms with Gasteiger partial charge in [-0.2, -0.15) is 0 Å². The fourth-order valence-electron chi connectivity index (χ4n) is 7.65. The van der Waals surface area contributed by atoms with Gasteiger partial charge in [0.2, 0.25) is 0 Å². The lowest BCUT2D eigenvalue weighted by molar-refractivity contribution is 0.0487. The summed E-state index contributed by atoms with van der Waals surface area (Å²) in [5.74, 6) is -1.79. The zero-order chi connectivity index (χ0) is 51.9. The van der Waals surface area contributed by atoms with Crippen LogP contribution in [0.15, 0.2) is 97.1 Å². The average molecular weight is 965 g/mol.